The fraction of sp³-hybridized carbons (Fsp3) is 0.333. The van der Waals surface area contributed by atoms with Crippen molar-refractivity contribution in [1.82, 2.24) is 0 Å². The Hall–Kier alpha value is -0.0826. The van der Waals surface area contributed by atoms with Crippen molar-refractivity contribution >= 4 is 18.9 Å². The van der Waals surface area contributed by atoms with Crippen molar-refractivity contribution in [1.29, 1.82) is 0 Å². The third kappa shape index (κ3) is 3.85. The van der Waals surface area contributed by atoms with Gasteiger partial charge in [0.2, 0.25) is 0 Å². The zero-order chi connectivity index (χ0) is 7.65. The molecule has 0 aliphatic carbocycles. The van der Waals surface area contributed by atoms with Crippen molar-refractivity contribution in [2.24, 2.45) is 0 Å². The predicted octanol–water partition coefficient (Wildman–Crippen LogP) is 1.98. The molecule has 0 saturated heterocycles. The number of alkyl halides is 3. The maximum absolute atomic E-state index is 11.0. The predicted molar refractivity (Wildman–Crippen MR) is 23.6 cm³/mol. The standard InChI is InChI=1S/C3F6.Li.H/c4-1(2(5)6)3(7,8)9;;. The molecule has 0 heterocycles. The molecule has 0 bridgehead atoms. The van der Waals surface area contributed by atoms with Crippen LogP contribution in [0.1, 0.15) is 0 Å². The molecule has 0 aromatic rings. The number of hydrogen-bond donors (Lipinski definition) is 0. The van der Waals surface area contributed by atoms with Gasteiger partial charge in [0.05, 0.1) is 0 Å². The van der Waals surface area contributed by atoms with Gasteiger partial charge >= 0.3 is 31.1 Å². The molecule has 0 rings (SSSR count). The van der Waals surface area contributed by atoms with Gasteiger partial charge in [0.1, 0.15) is 0 Å². The van der Waals surface area contributed by atoms with E-state index in [1.807, 2.05) is 0 Å². The number of allylic oxidation sites excluding steroid dienone is 1. The Morgan fingerprint density at radius 3 is 1.20 bits per heavy atom. The summed E-state index contributed by atoms with van der Waals surface area (Å²) in [6.07, 6.45) is -8.90. The van der Waals surface area contributed by atoms with Crippen LogP contribution >= 0.6 is 0 Å². The molecule has 0 fully saturated rings. The summed E-state index contributed by atoms with van der Waals surface area (Å²) in [6.45, 7) is 0. The molecular weight excluding hydrogens is 157 g/mol. The van der Waals surface area contributed by atoms with E-state index in [1.165, 1.54) is 0 Å². The van der Waals surface area contributed by atoms with Gasteiger partial charge in [0.25, 0.3) is 5.83 Å². The van der Waals surface area contributed by atoms with Crippen LogP contribution in [0.4, 0.5) is 26.3 Å². The van der Waals surface area contributed by atoms with Crippen molar-refractivity contribution in [2.75, 3.05) is 0 Å². The van der Waals surface area contributed by atoms with Gasteiger partial charge in [-0.2, -0.15) is 26.3 Å². The molecular formula is C3HF6Li. The summed E-state index contributed by atoms with van der Waals surface area (Å²) in [7, 11) is 0. The first-order valence-electron chi connectivity index (χ1n) is 1.63. The molecule has 0 spiro atoms. The van der Waals surface area contributed by atoms with E-state index in [2.05, 4.69) is 0 Å². The van der Waals surface area contributed by atoms with Crippen LogP contribution in [0.3, 0.4) is 0 Å². The molecule has 56 valence electrons. The third-order valence-electron chi connectivity index (χ3n) is 0.415. The van der Waals surface area contributed by atoms with Gasteiger partial charge < -0.3 is 0 Å². The summed E-state index contributed by atoms with van der Waals surface area (Å²) in [6, 6.07) is 0. The number of halogens is 6. The Morgan fingerprint density at radius 1 is 0.900 bits per heavy atom. The van der Waals surface area contributed by atoms with Crippen molar-refractivity contribution in [3.8, 4) is 0 Å². The summed E-state index contributed by atoms with van der Waals surface area (Å²) in [5.41, 5.74) is 0. The topological polar surface area (TPSA) is 0 Å². The average Bonchev–Trinajstić information content (AvgIpc) is 1.62. The SMILES string of the molecule is FC(F)=C(F)C(F)(F)F.[LiH]. The van der Waals surface area contributed by atoms with Gasteiger partial charge in [0, 0.05) is 0 Å². The van der Waals surface area contributed by atoms with Crippen LogP contribution in [0, 0.1) is 0 Å². The molecule has 0 nitrogen and oxygen atoms in total. The van der Waals surface area contributed by atoms with E-state index in [0.717, 1.165) is 0 Å². The normalized spacial score (nSPS) is 10.2. The Balaban J connectivity index is 0. The van der Waals surface area contributed by atoms with Crippen LogP contribution in [0.2, 0.25) is 0 Å². The minimum atomic E-state index is -5.56. The second kappa shape index (κ2) is 3.94. The number of rotatable bonds is 0. The fourth-order valence-corrected chi connectivity index (χ4v) is 0.107. The zero-order valence-corrected chi connectivity index (χ0v) is 3.77. The molecule has 0 radical (unpaired) electrons. The summed E-state index contributed by atoms with van der Waals surface area (Å²) in [5, 5.41) is 0. The first-order chi connectivity index (χ1) is 3.85. The van der Waals surface area contributed by atoms with E-state index < -0.39 is 18.1 Å². The maximum atomic E-state index is 11.0. The number of hydrogen-bond acceptors (Lipinski definition) is 0. The quantitative estimate of drug-likeness (QED) is 0.373. The second-order valence-electron chi connectivity index (χ2n) is 1.07. The minimum absolute atomic E-state index is 0. The van der Waals surface area contributed by atoms with Crippen molar-refractivity contribution in [3.63, 3.8) is 0 Å². The molecule has 0 aliphatic heterocycles. The molecule has 0 aliphatic rings. The molecule has 0 saturated carbocycles. The summed E-state index contributed by atoms with van der Waals surface area (Å²) in [4.78, 5) is 0. The summed E-state index contributed by atoms with van der Waals surface area (Å²) in [5.74, 6) is -3.33. The van der Waals surface area contributed by atoms with E-state index >= 15 is 0 Å². The monoisotopic (exact) mass is 158 g/mol. The van der Waals surface area contributed by atoms with Crippen LogP contribution in [-0.2, 0) is 0 Å². The first kappa shape index (κ1) is 12.6. The van der Waals surface area contributed by atoms with Gasteiger partial charge in [-0.15, -0.1) is 0 Å². The molecule has 7 heteroatoms. The molecule has 0 amide bonds. The Morgan fingerprint density at radius 2 is 1.20 bits per heavy atom. The Labute approximate surface area is 64.1 Å². The van der Waals surface area contributed by atoms with Gasteiger partial charge in [-0.05, 0) is 0 Å². The molecule has 0 N–H and O–H groups in total. The van der Waals surface area contributed by atoms with Gasteiger partial charge in [-0.25, -0.2) is 0 Å². The van der Waals surface area contributed by atoms with Crippen LogP contribution < -0.4 is 0 Å². The third-order valence-corrected chi connectivity index (χ3v) is 0.415. The van der Waals surface area contributed by atoms with Gasteiger partial charge in [-0.3, -0.25) is 0 Å². The first-order valence-corrected chi connectivity index (χ1v) is 1.63. The average molecular weight is 158 g/mol. The van der Waals surface area contributed by atoms with Crippen LogP contribution in [0.5, 0.6) is 0 Å². The van der Waals surface area contributed by atoms with Crippen LogP contribution in [-0.4, -0.2) is 25.0 Å². The van der Waals surface area contributed by atoms with Gasteiger partial charge in [0.15, 0.2) is 0 Å². The van der Waals surface area contributed by atoms with Crippen LogP contribution in [0.25, 0.3) is 0 Å². The Bertz CT molecular complexity index is 130. The summed E-state index contributed by atoms with van der Waals surface area (Å²) >= 11 is 0. The molecule has 10 heavy (non-hydrogen) atoms. The van der Waals surface area contributed by atoms with Crippen LogP contribution in [0.15, 0.2) is 11.9 Å². The van der Waals surface area contributed by atoms with E-state index in [0.29, 0.717) is 0 Å². The van der Waals surface area contributed by atoms with E-state index in [9.17, 15) is 26.3 Å². The molecule has 0 aromatic carbocycles. The van der Waals surface area contributed by atoms with E-state index in [1.54, 1.807) is 0 Å². The fourth-order valence-electron chi connectivity index (χ4n) is 0.107. The Kier molecular flexibility index (Phi) is 4.95. The molecule has 0 unspecified atom stereocenters. The van der Waals surface area contributed by atoms with Gasteiger partial charge in [-0.1, -0.05) is 0 Å². The zero-order valence-electron chi connectivity index (χ0n) is 3.77. The van der Waals surface area contributed by atoms with E-state index in [-0.39, 0.29) is 18.9 Å². The molecule has 0 atom stereocenters. The second-order valence-corrected chi connectivity index (χ2v) is 1.07. The van der Waals surface area contributed by atoms with Crippen molar-refractivity contribution < 1.29 is 26.3 Å². The van der Waals surface area contributed by atoms with E-state index in [4.69, 9.17) is 0 Å². The molecule has 0 aromatic heterocycles. The van der Waals surface area contributed by atoms with Crippen molar-refractivity contribution in [3.05, 3.63) is 11.9 Å². The summed E-state index contributed by atoms with van der Waals surface area (Å²) < 4.78 is 64.8. The van der Waals surface area contributed by atoms with Crippen molar-refractivity contribution in [2.45, 2.75) is 6.18 Å².